The van der Waals surface area contributed by atoms with Gasteiger partial charge in [0.15, 0.2) is 0 Å². The molecule has 1 aliphatic carbocycles. The first-order valence-corrected chi connectivity index (χ1v) is 11.3. The Morgan fingerprint density at radius 2 is 1.88 bits per heavy atom. The smallest absolute Gasteiger partial charge is 0.322 e. The molecule has 2 rings (SSSR count). The molecule has 0 saturated heterocycles. The van der Waals surface area contributed by atoms with Crippen LogP contribution in [0.3, 0.4) is 0 Å². The zero-order valence-electron chi connectivity index (χ0n) is 18.3. The Kier molecular flexibility index (Phi) is 11.1. The number of allylic oxidation sites excluding steroid dienone is 2. The number of amides is 1. The van der Waals surface area contributed by atoms with E-state index >= 15 is 0 Å². The summed E-state index contributed by atoms with van der Waals surface area (Å²) in [7, 11) is 0. The van der Waals surface area contributed by atoms with E-state index < -0.39 is 24.3 Å². The SMILES string of the molecule is O=C(O)CNC(=O)CCC/C=C\C[C@@H]1[C@@H](/C=C/[C@@H](O)CCc2ccccc2)[C@H](O)C[C@@H]1O. The molecule has 0 aliphatic heterocycles. The molecular formula is C25H35NO6. The van der Waals surface area contributed by atoms with Gasteiger partial charge in [-0.25, -0.2) is 0 Å². The molecule has 1 amide bonds. The Morgan fingerprint density at radius 1 is 1.12 bits per heavy atom. The summed E-state index contributed by atoms with van der Waals surface area (Å²) in [5, 5.41) is 41.8. The summed E-state index contributed by atoms with van der Waals surface area (Å²) in [5.74, 6) is -1.70. The van der Waals surface area contributed by atoms with Crippen LogP contribution in [0, 0.1) is 11.8 Å². The molecule has 1 saturated carbocycles. The maximum Gasteiger partial charge on any atom is 0.322 e. The molecule has 1 fully saturated rings. The number of benzene rings is 1. The molecule has 1 aromatic rings. The second kappa shape index (κ2) is 13.8. The molecule has 32 heavy (non-hydrogen) atoms. The fraction of sp³-hybridized carbons (Fsp3) is 0.520. The molecule has 0 radical (unpaired) electrons. The summed E-state index contributed by atoms with van der Waals surface area (Å²) >= 11 is 0. The van der Waals surface area contributed by atoms with Crippen molar-refractivity contribution in [1.82, 2.24) is 5.32 Å². The lowest BCUT2D eigenvalue weighted by Crippen LogP contribution is -2.28. The molecule has 0 heterocycles. The Morgan fingerprint density at radius 3 is 2.59 bits per heavy atom. The normalized spacial score (nSPS) is 24.2. The fourth-order valence-electron chi connectivity index (χ4n) is 4.03. The van der Waals surface area contributed by atoms with E-state index in [9.17, 15) is 24.9 Å². The van der Waals surface area contributed by atoms with Gasteiger partial charge in [0.25, 0.3) is 0 Å². The summed E-state index contributed by atoms with van der Waals surface area (Å²) in [5.41, 5.74) is 1.17. The van der Waals surface area contributed by atoms with Crippen molar-refractivity contribution in [3.63, 3.8) is 0 Å². The average Bonchev–Trinajstić information content (AvgIpc) is 3.04. The number of rotatable bonds is 13. The van der Waals surface area contributed by atoms with Crippen molar-refractivity contribution in [2.45, 2.75) is 63.3 Å². The van der Waals surface area contributed by atoms with E-state index in [1.807, 2.05) is 48.6 Å². The third-order valence-electron chi connectivity index (χ3n) is 5.83. The summed E-state index contributed by atoms with van der Waals surface area (Å²) < 4.78 is 0. The van der Waals surface area contributed by atoms with Gasteiger partial charge in [-0.05, 0) is 43.6 Å². The van der Waals surface area contributed by atoms with Crippen molar-refractivity contribution in [2.75, 3.05) is 6.54 Å². The molecule has 7 nitrogen and oxygen atoms in total. The lowest BCUT2D eigenvalue weighted by molar-refractivity contribution is -0.137. The molecular weight excluding hydrogens is 410 g/mol. The lowest BCUT2D eigenvalue weighted by atomic mass is 9.89. The number of unbranched alkanes of at least 4 members (excludes halogenated alkanes) is 1. The van der Waals surface area contributed by atoms with Gasteiger partial charge in [0.1, 0.15) is 6.54 Å². The van der Waals surface area contributed by atoms with Crippen LogP contribution in [0.2, 0.25) is 0 Å². The summed E-state index contributed by atoms with van der Waals surface area (Å²) in [6.07, 6.45) is 9.41. The van der Waals surface area contributed by atoms with Crippen LogP contribution < -0.4 is 5.32 Å². The maximum atomic E-state index is 11.5. The van der Waals surface area contributed by atoms with Crippen LogP contribution in [-0.2, 0) is 16.0 Å². The van der Waals surface area contributed by atoms with Crippen molar-refractivity contribution in [2.24, 2.45) is 11.8 Å². The number of hydrogen-bond acceptors (Lipinski definition) is 5. The van der Waals surface area contributed by atoms with Crippen LogP contribution in [0.25, 0.3) is 0 Å². The van der Waals surface area contributed by atoms with Crippen molar-refractivity contribution in [3.8, 4) is 0 Å². The standard InChI is InChI=1S/C25H35NO6/c27-19(13-12-18-8-4-3-5-9-18)14-15-21-20(22(28)16-23(21)29)10-6-1-2-7-11-24(30)26-17-25(31)32/h1,3-6,8-9,14-15,19-23,27-29H,2,7,10-13,16-17H2,(H,26,30)(H,31,32)/b6-1-,15-14+/t19-,20+,21+,22-,23+/m0/s1. The zero-order chi connectivity index (χ0) is 23.3. The minimum absolute atomic E-state index is 0.127. The highest BCUT2D eigenvalue weighted by molar-refractivity contribution is 5.80. The van der Waals surface area contributed by atoms with E-state index in [0.717, 1.165) is 6.42 Å². The summed E-state index contributed by atoms with van der Waals surface area (Å²) in [6, 6.07) is 9.96. The minimum atomic E-state index is -1.07. The van der Waals surface area contributed by atoms with E-state index in [4.69, 9.17) is 5.11 Å². The number of carbonyl (C=O) groups is 2. The number of aliphatic carboxylic acids is 1. The minimum Gasteiger partial charge on any atom is -0.480 e. The van der Waals surface area contributed by atoms with Crippen molar-refractivity contribution in [3.05, 3.63) is 60.2 Å². The second-order valence-electron chi connectivity index (χ2n) is 8.36. The van der Waals surface area contributed by atoms with Gasteiger partial charge in [0.05, 0.1) is 18.3 Å². The number of nitrogens with one attached hydrogen (secondary N) is 1. The van der Waals surface area contributed by atoms with E-state index in [1.54, 1.807) is 6.08 Å². The summed E-state index contributed by atoms with van der Waals surface area (Å²) in [4.78, 5) is 21.9. The number of carboxylic acids is 1. The predicted molar refractivity (Wildman–Crippen MR) is 122 cm³/mol. The molecule has 0 bridgehead atoms. The molecule has 5 N–H and O–H groups in total. The Bertz CT molecular complexity index is 763. The number of carbonyl (C=O) groups excluding carboxylic acids is 1. The van der Waals surface area contributed by atoms with Gasteiger partial charge in [-0.15, -0.1) is 0 Å². The van der Waals surface area contributed by atoms with Crippen LogP contribution in [-0.4, -0.2) is 57.2 Å². The first-order valence-electron chi connectivity index (χ1n) is 11.3. The molecule has 1 aliphatic rings. The van der Waals surface area contributed by atoms with E-state index in [-0.39, 0.29) is 30.7 Å². The van der Waals surface area contributed by atoms with Gasteiger partial charge < -0.3 is 25.7 Å². The first kappa shape index (κ1) is 25.8. The molecule has 0 spiro atoms. The Labute approximate surface area is 189 Å². The monoisotopic (exact) mass is 445 g/mol. The highest BCUT2D eigenvalue weighted by atomic mass is 16.4. The first-order chi connectivity index (χ1) is 15.4. The molecule has 5 atom stereocenters. The van der Waals surface area contributed by atoms with Crippen LogP contribution in [0.1, 0.15) is 44.1 Å². The van der Waals surface area contributed by atoms with Gasteiger partial charge in [-0.2, -0.15) is 0 Å². The van der Waals surface area contributed by atoms with Crippen molar-refractivity contribution >= 4 is 11.9 Å². The van der Waals surface area contributed by atoms with E-state index in [0.29, 0.717) is 32.1 Å². The van der Waals surface area contributed by atoms with Crippen molar-refractivity contribution in [1.29, 1.82) is 0 Å². The van der Waals surface area contributed by atoms with Gasteiger partial charge >= 0.3 is 5.97 Å². The van der Waals surface area contributed by atoms with Crippen LogP contribution in [0.4, 0.5) is 0 Å². The predicted octanol–water partition coefficient (Wildman–Crippen LogP) is 2.21. The Hall–Kier alpha value is -2.48. The number of hydrogen-bond donors (Lipinski definition) is 5. The Balaban J connectivity index is 1.74. The number of carboxylic acid groups (broad SMARTS) is 1. The molecule has 1 aromatic carbocycles. The third-order valence-corrected chi connectivity index (χ3v) is 5.83. The van der Waals surface area contributed by atoms with Crippen LogP contribution in [0.5, 0.6) is 0 Å². The molecule has 7 heteroatoms. The molecule has 0 unspecified atom stereocenters. The van der Waals surface area contributed by atoms with Crippen LogP contribution >= 0.6 is 0 Å². The lowest BCUT2D eigenvalue weighted by Gasteiger charge is -2.19. The largest absolute Gasteiger partial charge is 0.480 e. The maximum absolute atomic E-state index is 11.5. The molecule has 176 valence electrons. The number of aliphatic hydroxyl groups excluding tert-OH is 3. The van der Waals surface area contributed by atoms with Gasteiger partial charge in [-0.1, -0.05) is 54.6 Å². The fourth-order valence-corrected chi connectivity index (χ4v) is 4.03. The van der Waals surface area contributed by atoms with Gasteiger partial charge in [0.2, 0.25) is 5.91 Å². The van der Waals surface area contributed by atoms with E-state index in [1.165, 1.54) is 5.56 Å². The van der Waals surface area contributed by atoms with Gasteiger partial charge in [0, 0.05) is 18.8 Å². The highest BCUT2D eigenvalue weighted by Gasteiger charge is 2.39. The quantitative estimate of drug-likeness (QED) is 0.234. The molecule has 0 aromatic heterocycles. The third kappa shape index (κ3) is 9.34. The average molecular weight is 446 g/mol. The summed E-state index contributed by atoms with van der Waals surface area (Å²) in [6.45, 7) is -0.369. The van der Waals surface area contributed by atoms with Crippen LogP contribution in [0.15, 0.2) is 54.6 Å². The number of aliphatic hydroxyl groups is 3. The zero-order valence-corrected chi connectivity index (χ0v) is 18.3. The van der Waals surface area contributed by atoms with E-state index in [2.05, 4.69) is 5.32 Å². The van der Waals surface area contributed by atoms with Crippen molar-refractivity contribution < 1.29 is 30.0 Å². The van der Waals surface area contributed by atoms with Gasteiger partial charge in [-0.3, -0.25) is 9.59 Å². The highest BCUT2D eigenvalue weighted by Crippen LogP contribution is 2.36. The number of aryl methyl sites for hydroxylation is 1. The topological polar surface area (TPSA) is 127 Å². The second-order valence-corrected chi connectivity index (χ2v) is 8.36.